The van der Waals surface area contributed by atoms with E-state index in [1.165, 1.54) is 0 Å². The summed E-state index contributed by atoms with van der Waals surface area (Å²) in [6, 6.07) is 0. The van der Waals surface area contributed by atoms with Crippen LogP contribution in [-0.4, -0.2) is 49.3 Å². The zero-order chi connectivity index (χ0) is 12.7. The molecule has 0 bridgehead atoms. The van der Waals surface area contributed by atoms with Gasteiger partial charge in [0.05, 0.1) is 0 Å². The van der Waals surface area contributed by atoms with Gasteiger partial charge in [-0.05, 0) is 27.4 Å². The summed E-state index contributed by atoms with van der Waals surface area (Å²) in [6.07, 6.45) is 0. The molecule has 3 N–H and O–H groups in total. The zero-order valence-electron chi connectivity index (χ0n) is 10.9. The summed E-state index contributed by atoms with van der Waals surface area (Å²) in [5.74, 6) is 1.62. The molecule has 0 radical (unpaired) electrons. The van der Waals surface area contributed by atoms with Crippen LogP contribution in [0.5, 0.6) is 0 Å². The molecule has 0 saturated carbocycles. The van der Waals surface area contributed by atoms with Gasteiger partial charge in [0.25, 0.3) is 0 Å². The lowest BCUT2D eigenvalue weighted by Gasteiger charge is -2.36. The molecule has 0 aliphatic rings. The molecule has 0 heterocycles. The lowest BCUT2D eigenvalue weighted by atomic mass is 10.0. The van der Waals surface area contributed by atoms with Gasteiger partial charge in [-0.15, -0.1) is 0 Å². The van der Waals surface area contributed by atoms with Gasteiger partial charge in [-0.3, -0.25) is 0 Å². The van der Waals surface area contributed by atoms with Crippen LogP contribution in [0.15, 0.2) is 0 Å². The third-order valence-electron chi connectivity index (χ3n) is 2.77. The summed E-state index contributed by atoms with van der Waals surface area (Å²) in [5, 5.41) is 10.2. The minimum atomic E-state index is 0.0253. The maximum atomic E-state index is 4.41. The Morgan fingerprint density at radius 1 is 0.938 bits per heavy atom. The molecule has 0 aliphatic carbocycles. The maximum absolute atomic E-state index is 4.41. The van der Waals surface area contributed by atoms with E-state index >= 15 is 0 Å². The Bertz CT molecular complexity index is 172. The molecular weight excluding hydrogens is 238 g/mol. The molecule has 0 rings (SSSR count). The van der Waals surface area contributed by atoms with Gasteiger partial charge in [0.2, 0.25) is 0 Å². The van der Waals surface area contributed by atoms with Crippen LogP contribution < -0.4 is 16.0 Å². The van der Waals surface area contributed by atoms with Gasteiger partial charge in [0.1, 0.15) is 0 Å². The van der Waals surface area contributed by atoms with Crippen molar-refractivity contribution in [3.8, 4) is 0 Å². The summed E-state index contributed by atoms with van der Waals surface area (Å²) in [7, 11) is 1.96. The first-order chi connectivity index (χ1) is 7.45. The molecule has 3 nitrogen and oxygen atoms in total. The van der Waals surface area contributed by atoms with E-state index in [1.807, 2.05) is 7.05 Å². The summed E-state index contributed by atoms with van der Waals surface area (Å²) in [4.78, 5) is 0. The number of hydrogen-bond donors (Lipinski definition) is 5. The number of likely N-dealkylation sites (N-methyl/N-ethyl adjacent to an activating group) is 2. The van der Waals surface area contributed by atoms with Crippen molar-refractivity contribution < 1.29 is 0 Å². The molecule has 98 valence electrons. The summed E-state index contributed by atoms with van der Waals surface area (Å²) in [5.41, 5.74) is 0.0628. The predicted octanol–water partition coefficient (Wildman–Crippen LogP) is 0.782. The zero-order valence-corrected chi connectivity index (χ0v) is 12.7. The number of hydrogen-bond acceptors (Lipinski definition) is 5. The Labute approximate surface area is 111 Å². The lowest BCUT2D eigenvalue weighted by molar-refractivity contribution is 0.308. The fourth-order valence-electron chi connectivity index (χ4n) is 1.57. The standard InChI is InChI=1S/C11H27N3S2/c1-5-13-11(3,9-16)7-14-10(2,8-15)6-12-4/h12-16H,5-9H2,1-4H3/t10-,11-/m1/s1. The van der Waals surface area contributed by atoms with E-state index in [9.17, 15) is 0 Å². The first-order valence-electron chi connectivity index (χ1n) is 5.81. The predicted molar refractivity (Wildman–Crippen MR) is 80.1 cm³/mol. The molecule has 0 saturated heterocycles. The van der Waals surface area contributed by atoms with E-state index in [0.29, 0.717) is 0 Å². The Hall–Kier alpha value is 0.580. The summed E-state index contributed by atoms with van der Waals surface area (Å²) in [6.45, 7) is 9.25. The summed E-state index contributed by atoms with van der Waals surface area (Å²) < 4.78 is 0. The third-order valence-corrected chi connectivity index (χ3v) is 4.17. The largest absolute Gasteiger partial charge is 0.318 e. The van der Waals surface area contributed by atoms with Crippen molar-refractivity contribution in [1.82, 2.24) is 16.0 Å². The fourth-order valence-corrected chi connectivity index (χ4v) is 2.02. The van der Waals surface area contributed by atoms with Crippen LogP contribution in [0, 0.1) is 0 Å². The third kappa shape index (κ3) is 5.77. The number of thiol groups is 2. The minimum absolute atomic E-state index is 0.0253. The molecule has 0 spiro atoms. The van der Waals surface area contributed by atoms with Crippen LogP contribution in [0.3, 0.4) is 0 Å². The first-order valence-corrected chi connectivity index (χ1v) is 7.08. The molecule has 5 heteroatoms. The molecule has 0 amide bonds. The van der Waals surface area contributed by atoms with Crippen LogP contribution in [0.1, 0.15) is 20.8 Å². The highest BCUT2D eigenvalue weighted by Gasteiger charge is 2.27. The van der Waals surface area contributed by atoms with Crippen molar-refractivity contribution in [2.24, 2.45) is 0 Å². The van der Waals surface area contributed by atoms with Gasteiger partial charge < -0.3 is 16.0 Å². The highest BCUT2D eigenvalue weighted by molar-refractivity contribution is 7.80. The van der Waals surface area contributed by atoms with Crippen molar-refractivity contribution in [3.63, 3.8) is 0 Å². The van der Waals surface area contributed by atoms with Crippen LogP contribution in [0.2, 0.25) is 0 Å². The van der Waals surface area contributed by atoms with Crippen LogP contribution in [-0.2, 0) is 0 Å². The number of nitrogens with one attached hydrogen (secondary N) is 3. The fraction of sp³-hybridized carbons (Fsp3) is 1.00. The number of rotatable bonds is 9. The molecule has 0 aromatic rings. The molecular formula is C11H27N3S2. The molecule has 16 heavy (non-hydrogen) atoms. The molecule has 0 aromatic heterocycles. The van der Waals surface area contributed by atoms with Crippen LogP contribution >= 0.6 is 25.3 Å². The highest BCUT2D eigenvalue weighted by atomic mass is 32.1. The second kappa shape index (κ2) is 7.82. The van der Waals surface area contributed by atoms with Gasteiger partial charge in [-0.2, -0.15) is 25.3 Å². The molecule has 2 atom stereocenters. The van der Waals surface area contributed by atoms with E-state index in [4.69, 9.17) is 0 Å². The maximum Gasteiger partial charge on any atom is 0.0366 e. The minimum Gasteiger partial charge on any atom is -0.318 e. The van der Waals surface area contributed by atoms with Crippen molar-refractivity contribution in [3.05, 3.63) is 0 Å². The van der Waals surface area contributed by atoms with E-state index in [0.717, 1.165) is 31.1 Å². The van der Waals surface area contributed by atoms with Gasteiger partial charge in [-0.25, -0.2) is 0 Å². The van der Waals surface area contributed by atoms with Gasteiger partial charge in [-0.1, -0.05) is 6.92 Å². The van der Waals surface area contributed by atoms with E-state index in [2.05, 4.69) is 62.0 Å². The molecule has 0 unspecified atom stereocenters. The van der Waals surface area contributed by atoms with Crippen molar-refractivity contribution in [1.29, 1.82) is 0 Å². The Kier molecular flexibility index (Phi) is 8.10. The van der Waals surface area contributed by atoms with E-state index in [1.54, 1.807) is 0 Å². The van der Waals surface area contributed by atoms with Gasteiger partial charge >= 0.3 is 0 Å². The lowest BCUT2D eigenvalue weighted by Crippen LogP contribution is -2.59. The van der Waals surface area contributed by atoms with Crippen molar-refractivity contribution in [2.45, 2.75) is 31.8 Å². The Balaban J connectivity index is 4.26. The van der Waals surface area contributed by atoms with E-state index in [-0.39, 0.29) is 11.1 Å². The topological polar surface area (TPSA) is 36.1 Å². The first kappa shape index (κ1) is 16.6. The van der Waals surface area contributed by atoms with Crippen LogP contribution in [0.4, 0.5) is 0 Å². The van der Waals surface area contributed by atoms with Crippen molar-refractivity contribution in [2.75, 3.05) is 38.2 Å². The van der Waals surface area contributed by atoms with Gasteiger partial charge in [0, 0.05) is 35.7 Å². The SMILES string of the molecule is CCN[C@@](C)(CS)CN[C@@](C)(CS)CNC. The average Bonchev–Trinajstić information content (AvgIpc) is 2.27. The normalized spacial score (nSPS) is 19.1. The molecule has 0 aromatic carbocycles. The molecule has 0 aliphatic heterocycles. The van der Waals surface area contributed by atoms with Gasteiger partial charge in [0.15, 0.2) is 0 Å². The second-order valence-electron chi connectivity index (χ2n) is 4.85. The summed E-state index contributed by atoms with van der Waals surface area (Å²) >= 11 is 8.81. The molecule has 0 fully saturated rings. The Morgan fingerprint density at radius 2 is 1.44 bits per heavy atom. The second-order valence-corrected chi connectivity index (χ2v) is 5.48. The average molecular weight is 265 g/mol. The highest BCUT2D eigenvalue weighted by Crippen LogP contribution is 2.10. The quantitative estimate of drug-likeness (QED) is 0.400. The Morgan fingerprint density at radius 3 is 1.81 bits per heavy atom. The van der Waals surface area contributed by atoms with Crippen molar-refractivity contribution >= 4 is 25.3 Å². The van der Waals surface area contributed by atoms with Crippen LogP contribution in [0.25, 0.3) is 0 Å². The monoisotopic (exact) mass is 265 g/mol. The smallest absolute Gasteiger partial charge is 0.0366 e. The van der Waals surface area contributed by atoms with E-state index < -0.39 is 0 Å².